The molecule has 4 rings (SSSR count). The number of hydrogen-bond donors (Lipinski definition) is 0. The fraction of sp³-hybridized carbons (Fsp3) is 0.944. The van der Waals surface area contributed by atoms with Crippen LogP contribution in [0.3, 0.4) is 0 Å². The molecule has 0 aliphatic carbocycles. The van der Waals surface area contributed by atoms with Crippen LogP contribution in [0.5, 0.6) is 0 Å². The summed E-state index contributed by atoms with van der Waals surface area (Å²) in [5.74, 6) is -0.374. The van der Waals surface area contributed by atoms with Crippen molar-refractivity contribution in [2.45, 2.75) is 50.7 Å². The molecule has 9 heteroatoms. The first kappa shape index (κ1) is 19.6. The molecule has 154 valence electrons. The van der Waals surface area contributed by atoms with Crippen LogP contribution in [0.1, 0.15) is 44.9 Å². The average molecular weight is 402 g/mol. The van der Waals surface area contributed by atoms with E-state index in [-0.39, 0.29) is 11.8 Å². The summed E-state index contributed by atoms with van der Waals surface area (Å²) in [7, 11) is -3.47. The van der Waals surface area contributed by atoms with Crippen molar-refractivity contribution in [2.24, 2.45) is 5.92 Å². The van der Waals surface area contributed by atoms with E-state index in [0.29, 0.717) is 65.1 Å². The molecule has 4 aliphatic rings. The predicted molar refractivity (Wildman–Crippen MR) is 99.1 cm³/mol. The first-order chi connectivity index (χ1) is 13.0. The SMILES string of the molecule is O=C(C1CCN(S(=O)(=O)N2CCC3(CC2)OCCO3)CC1)N1CCCCC1. The Morgan fingerprint density at radius 3 is 1.96 bits per heavy atom. The fourth-order valence-electron chi connectivity index (χ4n) is 4.71. The molecule has 4 aliphatic heterocycles. The number of piperidine rings is 3. The Kier molecular flexibility index (Phi) is 5.76. The highest BCUT2D eigenvalue weighted by molar-refractivity contribution is 7.86. The number of amides is 1. The topological polar surface area (TPSA) is 79.4 Å². The monoisotopic (exact) mass is 401 g/mol. The molecule has 0 saturated carbocycles. The molecule has 4 fully saturated rings. The van der Waals surface area contributed by atoms with Crippen LogP contribution in [0, 0.1) is 5.92 Å². The first-order valence-electron chi connectivity index (χ1n) is 10.3. The number of carbonyl (C=O) groups excluding carboxylic acids is 1. The maximum Gasteiger partial charge on any atom is 0.281 e. The standard InChI is InChI=1S/C18H31N3O5S/c22-17(19-8-2-1-3-9-19)16-4-10-20(11-5-16)27(23,24)21-12-6-18(7-13-21)25-14-15-26-18/h16H,1-15H2. The Balaban J connectivity index is 1.30. The summed E-state index contributed by atoms with van der Waals surface area (Å²) in [6.07, 6.45) is 5.78. The Morgan fingerprint density at radius 2 is 1.37 bits per heavy atom. The summed E-state index contributed by atoms with van der Waals surface area (Å²) in [6, 6.07) is 0. The fourth-order valence-corrected chi connectivity index (χ4v) is 6.36. The van der Waals surface area contributed by atoms with Crippen molar-refractivity contribution in [3.8, 4) is 0 Å². The van der Waals surface area contributed by atoms with E-state index in [1.807, 2.05) is 4.90 Å². The summed E-state index contributed by atoms with van der Waals surface area (Å²) >= 11 is 0. The molecule has 0 aromatic heterocycles. The van der Waals surface area contributed by atoms with Crippen LogP contribution in [0.4, 0.5) is 0 Å². The van der Waals surface area contributed by atoms with Gasteiger partial charge in [-0.05, 0) is 32.1 Å². The third-order valence-electron chi connectivity index (χ3n) is 6.42. The van der Waals surface area contributed by atoms with Crippen LogP contribution in [-0.2, 0) is 24.5 Å². The molecular formula is C18H31N3O5S. The van der Waals surface area contributed by atoms with E-state index in [1.165, 1.54) is 6.42 Å². The summed E-state index contributed by atoms with van der Waals surface area (Å²) in [6.45, 7) is 4.61. The zero-order valence-electron chi connectivity index (χ0n) is 16.0. The summed E-state index contributed by atoms with van der Waals surface area (Å²) < 4.78 is 40.5. The molecule has 0 N–H and O–H groups in total. The summed E-state index contributed by atoms with van der Waals surface area (Å²) in [4.78, 5) is 14.7. The van der Waals surface area contributed by atoms with Crippen molar-refractivity contribution in [1.82, 2.24) is 13.5 Å². The van der Waals surface area contributed by atoms with Gasteiger partial charge >= 0.3 is 0 Å². The number of nitrogens with zero attached hydrogens (tertiary/aromatic N) is 3. The smallest absolute Gasteiger partial charge is 0.281 e. The molecule has 4 heterocycles. The van der Waals surface area contributed by atoms with Crippen molar-refractivity contribution in [2.75, 3.05) is 52.5 Å². The van der Waals surface area contributed by atoms with E-state index in [4.69, 9.17) is 9.47 Å². The minimum absolute atomic E-state index is 0.0283. The van der Waals surface area contributed by atoms with E-state index in [0.717, 1.165) is 25.9 Å². The lowest BCUT2D eigenvalue weighted by molar-refractivity contribution is -0.179. The van der Waals surface area contributed by atoms with Gasteiger partial charge in [0, 0.05) is 58.0 Å². The van der Waals surface area contributed by atoms with Crippen molar-refractivity contribution >= 4 is 16.1 Å². The largest absolute Gasteiger partial charge is 0.347 e. The van der Waals surface area contributed by atoms with Crippen molar-refractivity contribution in [3.63, 3.8) is 0 Å². The highest BCUT2D eigenvalue weighted by Crippen LogP contribution is 2.33. The lowest BCUT2D eigenvalue weighted by Crippen LogP contribution is -2.53. The van der Waals surface area contributed by atoms with E-state index < -0.39 is 16.0 Å². The average Bonchev–Trinajstić information content (AvgIpc) is 3.16. The van der Waals surface area contributed by atoms with Gasteiger partial charge in [-0.25, -0.2) is 0 Å². The Labute approximate surface area is 161 Å². The minimum atomic E-state index is -3.47. The van der Waals surface area contributed by atoms with Crippen LogP contribution < -0.4 is 0 Å². The van der Waals surface area contributed by atoms with Crippen LogP contribution in [0.15, 0.2) is 0 Å². The molecule has 4 saturated heterocycles. The first-order valence-corrected chi connectivity index (χ1v) is 11.7. The zero-order valence-corrected chi connectivity index (χ0v) is 16.8. The molecule has 0 bridgehead atoms. The second kappa shape index (κ2) is 7.94. The van der Waals surface area contributed by atoms with Gasteiger partial charge in [-0.2, -0.15) is 17.0 Å². The van der Waals surface area contributed by atoms with Gasteiger partial charge in [0.2, 0.25) is 5.91 Å². The molecule has 0 unspecified atom stereocenters. The lowest BCUT2D eigenvalue weighted by Gasteiger charge is -2.40. The van der Waals surface area contributed by atoms with Crippen LogP contribution in [0.25, 0.3) is 0 Å². The van der Waals surface area contributed by atoms with Crippen LogP contribution in [0.2, 0.25) is 0 Å². The van der Waals surface area contributed by atoms with Gasteiger partial charge in [-0.15, -0.1) is 0 Å². The maximum atomic E-state index is 13.0. The van der Waals surface area contributed by atoms with Gasteiger partial charge in [-0.1, -0.05) is 0 Å². The van der Waals surface area contributed by atoms with Gasteiger partial charge in [0.1, 0.15) is 0 Å². The molecule has 1 spiro atoms. The summed E-state index contributed by atoms with van der Waals surface area (Å²) in [5.41, 5.74) is 0. The Morgan fingerprint density at radius 1 is 0.815 bits per heavy atom. The summed E-state index contributed by atoms with van der Waals surface area (Å²) in [5, 5.41) is 0. The Bertz CT molecular complexity index is 625. The number of likely N-dealkylation sites (tertiary alicyclic amines) is 1. The van der Waals surface area contributed by atoms with Gasteiger partial charge in [0.15, 0.2) is 5.79 Å². The number of rotatable bonds is 3. The van der Waals surface area contributed by atoms with E-state index >= 15 is 0 Å². The normalized spacial score (nSPS) is 28.7. The number of carbonyl (C=O) groups is 1. The van der Waals surface area contributed by atoms with Gasteiger partial charge in [-0.3, -0.25) is 4.79 Å². The molecular weight excluding hydrogens is 370 g/mol. The molecule has 0 atom stereocenters. The van der Waals surface area contributed by atoms with Gasteiger partial charge in [0.05, 0.1) is 13.2 Å². The molecule has 1 amide bonds. The van der Waals surface area contributed by atoms with E-state index in [1.54, 1.807) is 8.61 Å². The van der Waals surface area contributed by atoms with Crippen LogP contribution in [-0.4, -0.2) is 86.1 Å². The van der Waals surface area contributed by atoms with Gasteiger partial charge < -0.3 is 14.4 Å². The second-order valence-electron chi connectivity index (χ2n) is 8.07. The maximum absolute atomic E-state index is 13.0. The van der Waals surface area contributed by atoms with Crippen molar-refractivity contribution in [1.29, 1.82) is 0 Å². The number of hydrogen-bond acceptors (Lipinski definition) is 5. The number of ether oxygens (including phenoxy) is 2. The van der Waals surface area contributed by atoms with Crippen LogP contribution >= 0.6 is 0 Å². The lowest BCUT2D eigenvalue weighted by atomic mass is 9.95. The quantitative estimate of drug-likeness (QED) is 0.699. The third-order valence-corrected chi connectivity index (χ3v) is 8.46. The van der Waals surface area contributed by atoms with Crippen molar-refractivity contribution in [3.05, 3.63) is 0 Å². The molecule has 0 radical (unpaired) electrons. The molecule has 0 aromatic carbocycles. The highest BCUT2D eigenvalue weighted by atomic mass is 32.2. The Hall–Kier alpha value is -0.740. The highest BCUT2D eigenvalue weighted by Gasteiger charge is 2.44. The molecule has 8 nitrogen and oxygen atoms in total. The molecule has 27 heavy (non-hydrogen) atoms. The zero-order chi connectivity index (χ0) is 18.9. The second-order valence-corrected chi connectivity index (χ2v) is 10.0. The third kappa shape index (κ3) is 4.03. The van der Waals surface area contributed by atoms with Crippen molar-refractivity contribution < 1.29 is 22.7 Å². The van der Waals surface area contributed by atoms with Gasteiger partial charge in [0.25, 0.3) is 10.2 Å². The predicted octanol–water partition coefficient (Wildman–Crippen LogP) is 0.795. The van der Waals surface area contributed by atoms with E-state index in [2.05, 4.69) is 0 Å². The van der Waals surface area contributed by atoms with E-state index in [9.17, 15) is 13.2 Å². The minimum Gasteiger partial charge on any atom is -0.347 e. The molecule has 0 aromatic rings.